The first-order chi connectivity index (χ1) is 19.9. The molecule has 2 atom stereocenters. The Hall–Kier alpha value is -3.04. The number of nitrogens with one attached hydrogen (secondary N) is 1. The predicted molar refractivity (Wildman–Crippen MR) is 167 cm³/mol. The van der Waals surface area contributed by atoms with Gasteiger partial charge in [-0.1, -0.05) is 67.6 Å². The fourth-order valence-electron chi connectivity index (χ4n) is 6.11. The lowest BCUT2D eigenvalue weighted by Gasteiger charge is -2.31. The number of carboxylic acid groups (broad SMARTS) is 1. The second-order valence-electron chi connectivity index (χ2n) is 12.3. The maximum Gasteiger partial charge on any atom is 0.303 e. The van der Waals surface area contributed by atoms with Crippen LogP contribution < -0.4 is 5.32 Å². The van der Waals surface area contributed by atoms with E-state index >= 15 is 0 Å². The zero-order valence-electron chi connectivity index (χ0n) is 25.1. The minimum Gasteiger partial charge on any atom is -0.481 e. The second-order valence-corrected chi connectivity index (χ2v) is 14.3. The molecule has 1 aliphatic carbocycles. The zero-order valence-corrected chi connectivity index (χ0v) is 25.9. The Morgan fingerprint density at radius 2 is 1.64 bits per heavy atom. The van der Waals surface area contributed by atoms with Crippen LogP contribution in [0.4, 0.5) is 0 Å². The van der Waals surface area contributed by atoms with Gasteiger partial charge in [0, 0.05) is 25.7 Å². The zero-order chi connectivity index (χ0) is 30.5. The summed E-state index contributed by atoms with van der Waals surface area (Å²) in [5, 5.41) is 23.4. The smallest absolute Gasteiger partial charge is 0.303 e. The summed E-state index contributed by atoms with van der Waals surface area (Å²) in [7, 11) is -2.33. The van der Waals surface area contributed by atoms with Gasteiger partial charge in [-0.3, -0.25) is 4.79 Å². The van der Waals surface area contributed by atoms with Crippen LogP contribution in [0, 0.1) is 5.92 Å². The number of likely N-dealkylation sites (N-methyl/N-ethyl adjacent to an activating group) is 1. The summed E-state index contributed by atoms with van der Waals surface area (Å²) in [6, 6.07) is 23.0. The highest BCUT2D eigenvalue weighted by atomic mass is 32.2. The van der Waals surface area contributed by atoms with Crippen molar-refractivity contribution >= 4 is 16.0 Å². The van der Waals surface area contributed by atoms with Crippen molar-refractivity contribution in [3.05, 3.63) is 89.5 Å². The molecule has 0 heterocycles. The number of β-amino-alcohol motifs (C(OH)–C–C–N with tert-alkyl or cyclic N) is 1. The lowest BCUT2D eigenvalue weighted by atomic mass is 9.88. The Labute approximate surface area is 250 Å². The van der Waals surface area contributed by atoms with Crippen molar-refractivity contribution in [3.63, 3.8) is 0 Å². The number of carbonyl (C=O) groups is 1. The fourth-order valence-corrected chi connectivity index (χ4v) is 7.37. The summed E-state index contributed by atoms with van der Waals surface area (Å²) in [6.07, 6.45) is 3.03. The quantitative estimate of drug-likeness (QED) is 0.229. The van der Waals surface area contributed by atoms with E-state index in [-0.39, 0.29) is 29.3 Å². The van der Waals surface area contributed by atoms with E-state index in [1.165, 1.54) is 22.5 Å². The van der Waals surface area contributed by atoms with Crippen LogP contribution in [0.15, 0.2) is 77.7 Å². The third-order valence-corrected chi connectivity index (χ3v) is 10.2. The van der Waals surface area contributed by atoms with E-state index in [4.69, 9.17) is 0 Å². The van der Waals surface area contributed by atoms with Crippen LogP contribution in [0.5, 0.6) is 0 Å². The highest BCUT2D eigenvalue weighted by molar-refractivity contribution is 7.89. The number of benzene rings is 3. The maximum atomic E-state index is 13.4. The minimum absolute atomic E-state index is 0.0266. The van der Waals surface area contributed by atoms with Gasteiger partial charge in [-0.15, -0.1) is 0 Å². The molecule has 0 fully saturated rings. The first-order valence-electron chi connectivity index (χ1n) is 14.8. The van der Waals surface area contributed by atoms with Crippen LogP contribution in [0.25, 0.3) is 11.1 Å². The molecule has 42 heavy (non-hydrogen) atoms. The van der Waals surface area contributed by atoms with Crippen molar-refractivity contribution in [3.8, 4) is 11.1 Å². The third-order valence-electron chi connectivity index (χ3n) is 8.39. The predicted octanol–water partition coefficient (Wildman–Crippen LogP) is 5.48. The first-order valence-corrected chi connectivity index (χ1v) is 16.2. The highest BCUT2D eigenvalue weighted by Gasteiger charge is 2.29. The van der Waals surface area contributed by atoms with Crippen LogP contribution in [-0.4, -0.2) is 60.7 Å². The lowest BCUT2D eigenvalue weighted by molar-refractivity contribution is -0.137. The van der Waals surface area contributed by atoms with E-state index in [1.807, 2.05) is 37.3 Å². The van der Waals surface area contributed by atoms with Gasteiger partial charge in [0.2, 0.25) is 10.0 Å². The largest absolute Gasteiger partial charge is 0.481 e. The number of carboxylic acids is 1. The van der Waals surface area contributed by atoms with Gasteiger partial charge in [0.25, 0.3) is 0 Å². The molecule has 0 spiro atoms. The molecule has 8 heteroatoms. The van der Waals surface area contributed by atoms with Gasteiger partial charge in [0.15, 0.2) is 0 Å². The van der Waals surface area contributed by atoms with Gasteiger partial charge in [-0.2, -0.15) is 4.31 Å². The molecular formula is C34H44N2O5S. The molecule has 0 bridgehead atoms. The number of hydrogen-bond donors (Lipinski definition) is 3. The number of sulfonamides is 1. The molecule has 0 saturated carbocycles. The Balaban J connectivity index is 1.34. The van der Waals surface area contributed by atoms with Crippen LogP contribution in [-0.2, 0) is 27.7 Å². The molecule has 0 saturated heterocycles. The third kappa shape index (κ3) is 8.07. The molecule has 7 nitrogen and oxygen atoms in total. The van der Waals surface area contributed by atoms with E-state index in [0.717, 1.165) is 42.4 Å². The van der Waals surface area contributed by atoms with Crippen LogP contribution in [0.1, 0.15) is 62.6 Å². The van der Waals surface area contributed by atoms with Crippen LogP contribution in [0.2, 0.25) is 0 Å². The Morgan fingerprint density at radius 1 is 1.00 bits per heavy atom. The average Bonchev–Trinajstić information content (AvgIpc) is 3.36. The monoisotopic (exact) mass is 592 g/mol. The lowest BCUT2D eigenvalue weighted by Crippen LogP contribution is -2.47. The molecule has 0 aliphatic heterocycles. The number of aliphatic hydroxyl groups is 1. The normalized spacial score (nSPS) is 15.5. The molecule has 1 aliphatic rings. The minimum atomic E-state index is -3.83. The number of aliphatic carboxylic acids is 1. The Kier molecular flexibility index (Phi) is 10.3. The Morgan fingerprint density at radius 3 is 2.24 bits per heavy atom. The van der Waals surface area contributed by atoms with Crippen molar-refractivity contribution in [1.29, 1.82) is 0 Å². The molecule has 4 rings (SSSR count). The number of nitrogens with zero attached hydrogens (tertiary/aromatic N) is 1. The van der Waals surface area contributed by atoms with Crippen molar-refractivity contribution in [2.45, 2.75) is 75.3 Å². The van der Waals surface area contributed by atoms with Crippen molar-refractivity contribution < 1.29 is 23.4 Å². The van der Waals surface area contributed by atoms with Gasteiger partial charge in [-0.05, 0) is 91.3 Å². The van der Waals surface area contributed by atoms with E-state index in [0.29, 0.717) is 12.5 Å². The summed E-state index contributed by atoms with van der Waals surface area (Å²) in [5.41, 5.74) is 5.20. The van der Waals surface area contributed by atoms with Gasteiger partial charge in [-0.25, -0.2) is 8.42 Å². The summed E-state index contributed by atoms with van der Waals surface area (Å²) in [6.45, 7) is 6.50. The van der Waals surface area contributed by atoms with Gasteiger partial charge in [0.05, 0.1) is 17.4 Å². The molecule has 3 N–H and O–H groups in total. The van der Waals surface area contributed by atoms with Crippen LogP contribution >= 0.6 is 0 Å². The Bertz CT molecular complexity index is 1440. The second kappa shape index (κ2) is 13.5. The molecule has 0 aromatic heterocycles. The SMILES string of the molecule is CC[C@H](CC(=O)O)c1ccc(-c2cccc(S(=O)(=O)N(C)CC(O)CNC(C)(C)CC3Cc4ccccc4C3)c2)cc1. The topological polar surface area (TPSA) is 107 Å². The molecule has 0 amide bonds. The average molecular weight is 593 g/mol. The standard InChI is InChI=1S/C34H44N2O5S/c1-5-25(20-33(38)39)26-13-15-27(16-14-26)30-11-8-12-32(19-30)42(40,41)36(4)23-31(37)22-35-34(2,3)21-24-17-28-9-6-7-10-29(28)18-24/h6-16,19,24-25,31,35,37H,5,17-18,20-23H2,1-4H3,(H,38,39)/t25-,31?/m1/s1. The first kappa shape index (κ1) is 31.9. The summed E-state index contributed by atoms with van der Waals surface area (Å²) >= 11 is 0. The van der Waals surface area contributed by atoms with E-state index in [2.05, 4.69) is 43.4 Å². The van der Waals surface area contributed by atoms with Gasteiger partial charge in [0.1, 0.15) is 0 Å². The molecule has 226 valence electrons. The van der Waals surface area contributed by atoms with E-state index in [9.17, 15) is 23.4 Å². The summed E-state index contributed by atoms with van der Waals surface area (Å²) in [4.78, 5) is 11.3. The number of hydrogen-bond acceptors (Lipinski definition) is 5. The summed E-state index contributed by atoms with van der Waals surface area (Å²) in [5.74, 6) is -0.345. The highest BCUT2D eigenvalue weighted by Crippen LogP contribution is 2.32. The van der Waals surface area contributed by atoms with E-state index in [1.54, 1.807) is 18.2 Å². The van der Waals surface area contributed by atoms with Gasteiger partial charge >= 0.3 is 5.97 Å². The molecule has 0 radical (unpaired) electrons. The number of fused-ring (bicyclic) bond motifs is 1. The fraction of sp³-hybridized carbons (Fsp3) is 0.441. The summed E-state index contributed by atoms with van der Waals surface area (Å²) < 4.78 is 28.0. The van der Waals surface area contributed by atoms with Crippen LogP contribution in [0.3, 0.4) is 0 Å². The number of aliphatic hydroxyl groups excluding tert-OH is 1. The number of rotatable bonds is 14. The van der Waals surface area contributed by atoms with E-state index < -0.39 is 22.1 Å². The molecular weight excluding hydrogens is 548 g/mol. The molecule has 1 unspecified atom stereocenters. The molecule has 3 aromatic rings. The van der Waals surface area contributed by atoms with Crippen molar-refractivity contribution in [1.82, 2.24) is 9.62 Å². The molecule has 3 aromatic carbocycles. The maximum absolute atomic E-state index is 13.4. The van der Waals surface area contributed by atoms with Gasteiger partial charge < -0.3 is 15.5 Å². The van der Waals surface area contributed by atoms with Crippen molar-refractivity contribution in [2.24, 2.45) is 5.92 Å². The van der Waals surface area contributed by atoms with Crippen molar-refractivity contribution in [2.75, 3.05) is 20.1 Å².